The number of aromatic nitrogens is 2. The monoisotopic (exact) mass is 422 g/mol. The van der Waals surface area contributed by atoms with Gasteiger partial charge in [0.2, 0.25) is 5.91 Å². The molecule has 1 fully saturated rings. The van der Waals surface area contributed by atoms with Crippen molar-refractivity contribution >= 4 is 33.3 Å². The number of fused-ring (bicyclic) bond motifs is 1. The van der Waals surface area contributed by atoms with Gasteiger partial charge in [-0.1, -0.05) is 44.2 Å². The number of benzene rings is 1. The maximum Gasteiger partial charge on any atom is 0.223 e. The Morgan fingerprint density at radius 3 is 2.57 bits per heavy atom. The first-order valence-electron chi connectivity index (χ1n) is 10.7. The molecule has 3 aromatic rings. The van der Waals surface area contributed by atoms with Crippen molar-refractivity contribution in [3.8, 4) is 0 Å². The number of hydrogen-bond donors (Lipinski definition) is 1. The van der Waals surface area contributed by atoms with E-state index < -0.39 is 0 Å². The molecule has 5 nitrogen and oxygen atoms in total. The number of amides is 1. The number of piperidine rings is 1. The summed E-state index contributed by atoms with van der Waals surface area (Å²) in [5.74, 6) is 1.26. The summed E-state index contributed by atoms with van der Waals surface area (Å²) in [6.45, 7) is 11.0. The van der Waals surface area contributed by atoms with Crippen molar-refractivity contribution in [3.05, 3.63) is 52.7 Å². The van der Waals surface area contributed by atoms with E-state index in [1.807, 2.05) is 6.07 Å². The van der Waals surface area contributed by atoms with Crippen LogP contribution in [-0.4, -0.2) is 35.5 Å². The molecule has 0 radical (unpaired) electrons. The van der Waals surface area contributed by atoms with Crippen molar-refractivity contribution in [2.45, 2.75) is 46.0 Å². The molecule has 30 heavy (non-hydrogen) atoms. The van der Waals surface area contributed by atoms with Gasteiger partial charge >= 0.3 is 0 Å². The van der Waals surface area contributed by atoms with Gasteiger partial charge in [-0.05, 0) is 37.8 Å². The smallest absolute Gasteiger partial charge is 0.223 e. The highest BCUT2D eigenvalue weighted by Crippen LogP contribution is 2.35. The number of nitrogens with zero attached hydrogens (tertiary/aromatic N) is 3. The van der Waals surface area contributed by atoms with Crippen LogP contribution in [0.2, 0.25) is 0 Å². The molecule has 0 atom stereocenters. The molecule has 1 aliphatic heterocycles. The molecule has 1 amide bonds. The highest BCUT2D eigenvalue weighted by molar-refractivity contribution is 7.18. The number of carbonyl (C=O) groups excluding carboxylic acids is 1. The molecule has 1 aromatic carbocycles. The molecule has 0 saturated carbocycles. The van der Waals surface area contributed by atoms with Crippen LogP contribution in [0.25, 0.3) is 10.2 Å². The highest BCUT2D eigenvalue weighted by atomic mass is 32.1. The normalized spacial score (nSPS) is 15.5. The molecule has 1 saturated heterocycles. The Morgan fingerprint density at radius 1 is 1.17 bits per heavy atom. The van der Waals surface area contributed by atoms with Crippen molar-refractivity contribution in [1.82, 2.24) is 15.3 Å². The summed E-state index contributed by atoms with van der Waals surface area (Å²) in [4.78, 5) is 26.6. The first-order chi connectivity index (χ1) is 14.4. The minimum atomic E-state index is -0.0848. The minimum absolute atomic E-state index is 0.0652. The van der Waals surface area contributed by atoms with Crippen LogP contribution >= 0.6 is 11.3 Å². The van der Waals surface area contributed by atoms with E-state index in [2.05, 4.69) is 72.1 Å². The van der Waals surface area contributed by atoms with Crippen LogP contribution in [0.1, 0.15) is 42.7 Å². The Hall–Kier alpha value is -2.47. The number of nitrogens with one attached hydrogen (secondary N) is 1. The molecule has 6 heteroatoms. The number of hydrogen-bond acceptors (Lipinski definition) is 5. The van der Waals surface area contributed by atoms with Crippen LogP contribution in [0.5, 0.6) is 0 Å². The molecule has 4 rings (SSSR count). The van der Waals surface area contributed by atoms with Gasteiger partial charge in [0.05, 0.1) is 5.39 Å². The highest BCUT2D eigenvalue weighted by Gasteiger charge is 2.29. The van der Waals surface area contributed by atoms with Crippen molar-refractivity contribution in [1.29, 1.82) is 0 Å². The lowest BCUT2D eigenvalue weighted by molar-refractivity contribution is -0.125. The van der Waals surface area contributed by atoms with Crippen molar-refractivity contribution in [2.75, 3.05) is 24.5 Å². The molecule has 3 heterocycles. The lowest BCUT2D eigenvalue weighted by atomic mass is 9.84. The third-order valence-electron chi connectivity index (χ3n) is 6.37. The van der Waals surface area contributed by atoms with Crippen LogP contribution in [0.4, 0.5) is 5.82 Å². The third-order valence-corrected chi connectivity index (χ3v) is 7.49. The number of aryl methyl sites for hydroxylation is 2. The second-order valence-electron chi connectivity index (χ2n) is 8.89. The van der Waals surface area contributed by atoms with Crippen LogP contribution in [0, 0.1) is 19.8 Å². The van der Waals surface area contributed by atoms with Gasteiger partial charge in [-0.15, -0.1) is 11.3 Å². The molecule has 158 valence electrons. The lowest BCUT2D eigenvalue weighted by Gasteiger charge is -2.33. The largest absolute Gasteiger partial charge is 0.356 e. The van der Waals surface area contributed by atoms with E-state index in [0.717, 1.165) is 36.6 Å². The van der Waals surface area contributed by atoms with Crippen molar-refractivity contribution in [3.63, 3.8) is 0 Å². The fourth-order valence-corrected chi connectivity index (χ4v) is 5.19. The van der Waals surface area contributed by atoms with E-state index in [9.17, 15) is 4.79 Å². The number of carbonyl (C=O) groups is 1. The molecular formula is C24H30N4OS. The Kier molecular flexibility index (Phi) is 5.78. The fraction of sp³-hybridized carbons (Fsp3) is 0.458. The Morgan fingerprint density at radius 2 is 1.87 bits per heavy atom. The van der Waals surface area contributed by atoms with E-state index in [0.29, 0.717) is 6.54 Å². The predicted molar refractivity (Wildman–Crippen MR) is 124 cm³/mol. The van der Waals surface area contributed by atoms with Gasteiger partial charge in [-0.3, -0.25) is 4.79 Å². The van der Waals surface area contributed by atoms with Crippen LogP contribution < -0.4 is 10.2 Å². The Bertz CT molecular complexity index is 1040. The summed E-state index contributed by atoms with van der Waals surface area (Å²) >= 11 is 1.73. The predicted octanol–water partition coefficient (Wildman–Crippen LogP) is 4.62. The van der Waals surface area contributed by atoms with E-state index >= 15 is 0 Å². The summed E-state index contributed by atoms with van der Waals surface area (Å²) in [6.07, 6.45) is 3.37. The summed E-state index contributed by atoms with van der Waals surface area (Å²) in [5, 5.41) is 4.38. The number of anilines is 1. The third kappa shape index (κ3) is 4.06. The number of rotatable bonds is 5. The number of thiophene rings is 1. The standard InChI is InChI=1S/C24H30N4OS/c1-16-17(2)30-23-20(16)21(26-15-27-23)28-12-10-18(11-13-28)22(29)25-14-24(3,4)19-8-6-5-7-9-19/h5-9,15,18H,10-14H2,1-4H3,(H,25,29). The van der Waals surface area contributed by atoms with Gasteiger partial charge in [0.1, 0.15) is 17.0 Å². The van der Waals surface area contributed by atoms with Gasteiger partial charge in [0.15, 0.2) is 0 Å². The SMILES string of the molecule is Cc1sc2ncnc(N3CCC(C(=O)NCC(C)(C)c4ccccc4)CC3)c2c1C. The van der Waals surface area contributed by atoms with Gasteiger partial charge in [0.25, 0.3) is 0 Å². The van der Waals surface area contributed by atoms with Crippen LogP contribution in [0.15, 0.2) is 36.7 Å². The zero-order chi connectivity index (χ0) is 21.3. The van der Waals surface area contributed by atoms with Gasteiger partial charge in [-0.25, -0.2) is 9.97 Å². The van der Waals surface area contributed by atoms with E-state index in [4.69, 9.17) is 0 Å². The second kappa shape index (κ2) is 8.34. The molecule has 0 aliphatic carbocycles. The topological polar surface area (TPSA) is 58.1 Å². The molecule has 2 aromatic heterocycles. The minimum Gasteiger partial charge on any atom is -0.356 e. The molecule has 0 unspecified atom stereocenters. The second-order valence-corrected chi connectivity index (χ2v) is 10.1. The summed E-state index contributed by atoms with van der Waals surface area (Å²) in [5.41, 5.74) is 2.43. The summed E-state index contributed by atoms with van der Waals surface area (Å²) in [7, 11) is 0. The van der Waals surface area contributed by atoms with Crippen molar-refractivity contribution in [2.24, 2.45) is 5.92 Å². The van der Waals surface area contributed by atoms with Crippen LogP contribution in [-0.2, 0) is 10.2 Å². The lowest BCUT2D eigenvalue weighted by Crippen LogP contribution is -2.44. The zero-order valence-electron chi connectivity index (χ0n) is 18.2. The Labute approximate surface area is 182 Å². The fourth-order valence-electron chi connectivity index (χ4n) is 4.20. The summed E-state index contributed by atoms with van der Waals surface area (Å²) in [6, 6.07) is 10.4. The summed E-state index contributed by atoms with van der Waals surface area (Å²) < 4.78 is 0. The Balaban J connectivity index is 1.37. The first-order valence-corrected chi connectivity index (χ1v) is 11.5. The average Bonchev–Trinajstić information content (AvgIpc) is 3.06. The van der Waals surface area contributed by atoms with Gasteiger partial charge < -0.3 is 10.2 Å². The quantitative estimate of drug-likeness (QED) is 0.652. The molecule has 0 spiro atoms. The van der Waals surface area contributed by atoms with E-state index in [1.54, 1.807) is 17.7 Å². The molecule has 0 bridgehead atoms. The van der Waals surface area contributed by atoms with Gasteiger partial charge in [-0.2, -0.15) is 0 Å². The van der Waals surface area contributed by atoms with E-state index in [-0.39, 0.29) is 17.2 Å². The maximum absolute atomic E-state index is 12.8. The van der Waals surface area contributed by atoms with Gasteiger partial charge in [0, 0.05) is 35.8 Å². The average molecular weight is 423 g/mol. The molecular weight excluding hydrogens is 392 g/mol. The first kappa shape index (κ1) is 20.8. The molecule has 1 aliphatic rings. The maximum atomic E-state index is 12.8. The zero-order valence-corrected chi connectivity index (χ0v) is 19.1. The van der Waals surface area contributed by atoms with E-state index in [1.165, 1.54) is 21.4 Å². The molecule has 1 N–H and O–H groups in total. The van der Waals surface area contributed by atoms with Crippen molar-refractivity contribution < 1.29 is 4.79 Å². The van der Waals surface area contributed by atoms with Crippen LogP contribution in [0.3, 0.4) is 0 Å².